The summed E-state index contributed by atoms with van der Waals surface area (Å²) in [5.74, 6) is 1.03. The Kier molecular flexibility index (Phi) is 4.83. The van der Waals surface area contributed by atoms with Crippen LogP contribution in [0.1, 0.15) is 12.0 Å². The summed E-state index contributed by atoms with van der Waals surface area (Å²) >= 11 is 0. The molecular formula is C19H26N2O3. The lowest BCUT2D eigenvalue weighted by Crippen LogP contribution is -2.63. The number of morpholine rings is 1. The first-order chi connectivity index (χ1) is 11.8. The Morgan fingerprint density at radius 2 is 1.96 bits per heavy atom. The highest BCUT2D eigenvalue weighted by atomic mass is 16.5. The largest absolute Gasteiger partial charge is 0.379 e. The summed E-state index contributed by atoms with van der Waals surface area (Å²) in [5, 5.41) is 3.30. The van der Waals surface area contributed by atoms with Crippen LogP contribution in [0.4, 0.5) is 0 Å². The van der Waals surface area contributed by atoms with Crippen molar-refractivity contribution in [1.82, 2.24) is 10.2 Å². The zero-order valence-corrected chi connectivity index (χ0v) is 14.0. The third-order valence-corrected chi connectivity index (χ3v) is 5.64. The molecule has 3 fully saturated rings. The number of carbonyl (C=O) groups excluding carboxylic acids is 1. The summed E-state index contributed by atoms with van der Waals surface area (Å²) in [7, 11) is 0. The van der Waals surface area contributed by atoms with Gasteiger partial charge < -0.3 is 14.8 Å². The van der Waals surface area contributed by atoms with Gasteiger partial charge >= 0.3 is 0 Å². The quantitative estimate of drug-likeness (QED) is 0.878. The van der Waals surface area contributed by atoms with Crippen LogP contribution < -0.4 is 5.32 Å². The minimum absolute atomic E-state index is 0.144. The molecule has 1 aromatic rings. The van der Waals surface area contributed by atoms with Gasteiger partial charge in [-0.15, -0.1) is 0 Å². The fraction of sp³-hybridized carbons (Fsp3) is 0.632. The number of carbonyl (C=O) groups is 1. The number of nitrogens with one attached hydrogen (secondary N) is 1. The van der Waals surface area contributed by atoms with E-state index in [4.69, 9.17) is 9.47 Å². The van der Waals surface area contributed by atoms with E-state index in [1.54, 1.807) is 0 Å². The maximum atomic E-state index is 12.5. The van der Waals surface area contributed by atoms with Gasteiger partial charge in [-0.05, 0) is 18.4 Å². The van der Waals surface area contributed by atoms with Crippen molar-refractivity contribution in [3.05, 3.63) is 35.9 Å². The molecule has 1 aromatic carbocycles. The monoisotopic (exact) mass is 330 g/mol. The van der Waals surface area contributed by atoms with Crippen molar-refractivity contribution in [3.8, 4) is 0 Å². The summed E-state index contributed by atoms with van der Waals surface area (Å²) in [4.78, 5) is 14.6. The van der Waals surface area contributed by atoms with Gasteiger partial charge in [-0.1, -0.05) is 30.3 Å². The zero-order chi connectivity index (χ0) is 16.4. The van der Waals surface area contributed by atoms with Gasteiger partial charge in [-0.25, -0.2) is 0 Å². The van der Waals surface area contributed by atoms with Crippen LogP contribution >= 0.6 is 0 Å². The average Bonchev–Trinajstić information content (AvgIpc) is 3.04. The van der Waals surface area contributed by atoms with Crippen LogP contribution in [0.2, 0.25) is 0 Å². The molecule has 24 heavy (non-hydrogen) atoms. The number of fused-ring (bicyclic) bond motifs is 1. The maximum absolute atomic E-state index is 12.5. The second-order valence-corrected chi connectivity index (χ2v) is 7.12. The smallest absolute Gasteiger partial charge is 0.234 e. The van der Waals surface area contributed by atoms with Crippen LogP contribution in [0, 0.1) is 11.8 Å². The summed E-state index contributed by atoms with van der Waals surface area (Å²) in [5.41, 5.74) is 1.32. The third-order valence-electron chi connectivity index (χ3n) is 5.64. The number of benzene rings is 1. The van der Waals surface area contributed by atoms with Gasteiger partial charge in [0, 0.05) is 37.6 Å². The summed E-state index contributed by atoms with van der Waals surface area (Å²) in [6.07, 6.45) is 2.36. The van der Waals surface area contributed by atoms with Crippen LogP contribution in [0.5, 0.6) is 0 Å². The molecule has 1 aliphatic carbocycles. The van der Waals surface area contributed by atoms with E-state index >= 15 is 0 Å². The second-order valence-electron chi connectivity index (χ2n) is 7.12. The molecule has 2 saturated heterocycles. The van der Waals surface area contributed by atoms with Crippen LogP contribution in [0.15, 0.2) is 30.3 Å². The van der Waals surface area contributed by atoms with Crippen LogP contribution in [-0.2, 0) is 20.7 Å². The highest BCUT2D eigenvalue weighted by Gasteiger charge is 2.53. The van der Waals surface area contributed by atoms with E-state index < -0.39 is 0 Å². The number of ether oxygens (including phenoxy) is 2. The predicted octanol–water partition coefficient (Wildman–Crippen LogP) is 1.08. The van der Waals surface area contributed by atoms with E-state index in [1.807, 2.05) is 6.07 Å². The molecule has 3 aliphatic rings. The highest BCUT2D eigenvalue weighted by molar-refractivity contribution is 5.78. The summed E-state index contributed by atoms with van der Waals surface area (Å²) < 4.78 is 11.3. The van der Waals surface area contributed by atoms with Gasteiger partial charge in [0.2, 0.25) is 5.91 Å². The van der Waals surface area contributed by atoms with Crippen molar-refractivity contribution < 1.29 is 14.3 Å². The van der Waals surface area contributed by atoms with Crippen molar-refractivity contribution in [1.29, 1.82) is 0 Å². The number of rotatable bonds is 5. The molecule has 5 heteroatoms. The van der Waals surface area contributed by atoms with Crippen LogP contribution in [0.3, 0.4) is 0 Å². The Labute approximate surface area is 143 Å². The lowest BCUT2D eigenvalue weighted by atomic mass is 9.64. The number of hydrogen-bond donors (Lipinski definition) is 1. The van der Waals surface area contributed by atoms with Gasteiger partial charge in [0.1, 0.15) is 0 Å². The highest BCUT2D eigenvalue weighted by Crippen LogP contribution is 2.45. The van der Waals surface area contributed by atoms with Gasteiger partial charge in [0.25, 0.3) is 0 Å². The fourth-order valence-corrected chi connectivity index (χ4v) is 4.37. The van der Waals surface area contributed by atoms with Crippen LogP contribution in [-0.4, -0.2) is 62.4 Å². The normalized spacial score (nSPS) is 32.8. The number of nitrogens with zero attached hydrogens (tertiary/aromatic N) is 1. The molecule has 1 N–H and O–H groups in total. The lowest BCUT2D eigenvalue weighted by molar-refractivity contribution is -0.129. The van der Waals surface area contributed by atoms with Crippen molar-refractivity contribution in [3.63, 3.8) is 0 Å². The Morgan fingerprint density at radius 1 is 1.17 bits per heavy atom. The molecule has 130 valence electrons. The van der Waals surface area contributed by atoms with E-state index in [0.717, 1.165) is 45.8 Å². The third kappa shape index (κ3) is 3.34. The van der Waals surface area contributed by atoms with Gasteiger partial charge in [-0.3, -0.25) is 9.69 Å². The molecule has 1 saturated carbocycles. The minimum Gasteiger partial charge on any atom is -0.379 e. The first-order valence-electron chi connectivity index (χ1n) is 9.06. The Hall–Kier alpha value is -1.43. The molecule has 4 atom stereocenters. The van der Waals surface area contributed by atoms with Crippen molar-refractivity contribution in [2.45, 2.75) is 25.0 Å². The van der Waals surface area contributed by atoms with Gasteiger partial charge in [-0.2, -0.15) is 0 Å². The van der Waals surface area contributed by atoms with E-state index in [2.05, 4.69) is 34.5 Å². The van der Waals surface area contributed by atoms with E-state index in [9.17, 15) is 4.79 Å². The topological polar surface area (TPSA) is 50.8 Å². The van der Waals surface area contributed by atoms with Gasteiger partial charge in [0.05, 0.1) is 25.9 Å². The van der Waals surface area contributed by atoms with E-state index in [1.165, 1.54) is 5.56 Å². The van der Waals surface area contributed by atoms with Gasteiger partial charge in [0.15, 0.2) is 0 Å². The molecule has 0 aromatic heterocycles. The van der Waals surface area contributed by atoms with E-state index in [-0.39, 0.29) is 11.9 Å². The molecule has 1 amide bonds. The molecule has 0 spiro atoms. The average molecular weight is 330 g/mol. The van der Waals surface area contributed by atoms with Crippen LogP contribution in [0.25, 0.3) is 0 Å². The molecule has 2 aliphatic heterocycles. The number of amides is 1. The zero-order valence-electron chi connectivity index (χ0n) is 14.0. The first kappa shape index (κ1) is 16.1. The lowest BCUT2D eigenvalue weighted by Gasteiger charge is -2.48. The SMILES string of the molecule is O=C(CN1CCOCC1)N[C@@H]1[C@@H](Cc2ccccc2)[C@H]2OCC[C@@H]12. The minimum atomic E-state index is 0.144. The van der Waals surface area contributed by atoms with Crippen molar-refractivity contribution >= 4 is 5.91 Å². The maximum Gasteiger partial charge on any atom is 0.234 e. The van der Waals surface area contributed by atoms with E-state index in [0.29, 0.717) is 24.5 Å². The Balaban J connectivity index is 1.36. The van der Waals surface area contributed by atoms with Crippen molar-refractivity contribution in [2.75, 3.05) is 39.5 Å². The first-order valence-corrected chi connectivity index (χ1v) is 9.06. The van der Waals surface area contributed by atoms with Crippen molar-refractivity contribution in [2.24, 2.45) is 11.8 Å². The molecule has 0 unspecified atom stereocenters. The molecule has 5 nitrogen and oxygen atoms in total. The molecule has 2 heterocycles. The molecular weight excluding hydrogens is 304 g/mol. The molecule has 4 rings (SSSR count). The summed E-state index contributed by atoms with van der Waals surface area (Å²) in [6, 6.07) is 10.8. The molecule has 0 bridgehead atoms. The standard InChI is InChI=1S/C19H26N2O3/c22-17(13-21-7-10-23-11-8-21)20-18-15-6-9-24-19(15)16(18)12-14-4-2-1-3-5-14/h1-5,15-16,18-19H,6-13H2,(H,20,22)/t15-,16+,18-,19-/m0/s1. The Bertz CT molecular complexity index is 559. The number of hydrogen-bond acceptors (Lipinski definition) is 4. The fourth-order valence-electron chi connectivity index (χ4n) is 4.37. The Morgan fingerprint density at radius 3 is 2.75 bits per heavy atom. The second kappa shape index (κ2) is 7.21. The predicted molar refractivity (Wildman–Crippen MR) is 90.7 cm³/mol. The summed E-state index contributed by atoms with van der Waals surface area (Å²) in [6.45, 7) is 4.46. The molecule has 0 radical (unpaired) electrons.